The Balaban J connectivity index is 1.40. The van der Waals surface area contributed by atoms with Crippen LogP contribution in [0.5, 0.6) is 0 Å². The Kier molecular flexibility index (Phi) is 4.63. The maximum atomic E-state index is 6.06. The predicted octanol–water partition coefficient (Wildman–Crippen LogP) is 4.05. The molecule has 3 aromatic heterocycles. The number of hydrogen-bond acceptors (Lipinski definition) is 8. The van der Waals surface area contributed by atoms with Gasteiger partial charge in [-0.05, 0) is 31.2 Å². The summed E-state index contributed by atoms with van der Waals surface area (Å²) in [5.41, 5.74) is 3.21. The van der Waals surface area contributed by atoms with Gasteiger partial charge < -0.3 is 15.6 Å². The van der Waals surface area contributed by atoms with Crippen LogP contribution in [0.3, 0.4) is 0 Å². The number of aryl methyl sites for hydroxylation is 1. The van der Waals surface area contributed by atoms with E-state index in [1.165, 1.54) is 22.0 Å². The number of nitrogens with one attached hydrogen (secondary N) is 1. The van der Waals surface area contributed by atoms with Crippen LogP contribution < -0.4 is 11.2 Å². The molecule has 0 radical (unpaired) electrons. The van der Waals surface area contributed by atoms with Crippen LogP contribution in [0.15, 0.2) is 57.6 Å². The van der Waals surface area contributed by atoms with E-state index in [0.717, 1.165) is 16.5 Å². The summed E-state index contributed by atoms with van der Waals surface area (Å²) in [7, 11) is 0. The summed E-state index contributed by atoms with van der Waals surface area (Å²) in [5.74, 6) is 7.80. The number of furan rings is 1. The van der Waals surface area contributed by atoms with Crippen molar-refractivity contribution in [3.63, 3.8) is 0 Å². The number of rotatable bonds is 6. The molecule has 132 valence electrons. The molecule has 0 fully saturated rings. The first-order valence-corrected chi connectivity index (χ1v) is 9.71. The summed E-state index contributed by atoms with van der Waals surface area (Å²) in [6.45, 7) is 2.07. The van der Waals surface area contributed by atoms with Gasteiger partial charge in [-0.1, -0.05) is 29.5 Å². The summed E-state index contributed by atoms with van der Waals surface area (Å²) in [6, 6.07) is 11.8. The molecule has 0 saturated heterocycles. The lowest BCUT2D eigenvalue weighted by atomic mass is 10.2. The molecule has 0 aliphatic heterocycles. The summed E-state index contributed by atoms with van der Waals surface area (Å²) in [6.07, 6.45) is 1.58. The average molecular weight is 384 g/mol. The molecule has 1 aromatic carbocycles. The molecule has 26 heavy (non-hydrogen) atoms. The molecule has 0 atom stereocenters. The Bertz CT molecular complexity index is 991. The van der Waals surface area contributed by atoms with E-state index < -0.39 is 0 Å². The van der Waals surface area contributed by atoms with Crippen molar-refractivity contribution in [1.82, 2.24) is 19.9 Å². The first kappa shape index (κ1) is 16.7. The molecule has 0 aliphatic rings. The van der Waals surface area contributed by atoms with Crippen molar-refractivity contribution in [2.24, 2.45) is 0 Å². The van der Waals surface area contributed by atoms with Crippen LogP contribution in [0, 0.1) is 6.92 Å². The van der Waals surface area contributed by atoms with Crippen LogP contribution in [0.4, 0.5) is 10.8 Å². The lowest BCUT2D eigenvalue weighted by molar-refractivity contribution is 0.574. The zero-order valence-corrected chi connectivity index (χ0v) is 15.5. The van der Waals surface area contributed by atoms with Gasteiger partial charge in [0.2, 0.25) is 11.0 Å². The van der Waals surface area contributed by atoms with Gasteiger partial charge in [0.05, 0.1) is 12.0 Å². The molecule has 3 heterocycles. The normalized spacial score (nSPS) is 11.0. The highest BCUT2D eigenvalue weighted by atomic mass is 32.2. The zero-order valence-electron chi connectivity index (χ0n) is 13.9. The van der Waals surface area contributed by atoms with E-state index >= 15 is 0 Å². The van der Waals surface area contributed by atoms with Gasteiger partial charge in [0.15, 0.2) is 10.9 Å². The lowest BCUT2D eigenvalue weighted by Crippen LogP contribution is -2.11. The van der Waals surface area contributed by atoms with E-state index in [9.17, 15) is 0 Å². The zero-order chi connectivity index (χ0) is 17.9. The maximum absolute atomic E-state index is 6.06. The molecular formula is C17H16N6OS2. The van der Waals surface area contributed by atoms with Gasteiger partial charge in [0.1, 0.15) is 0 Å². The smallest absolute Gasteiger partial charge is 0.218 e. The van der Waals surface area contributed by atoms with E-state index in [1.54, 1.807) is 29.7 Å². The summed E-state index contributed by atoms with van der Waals surface area (Å²) in [4.78, 5) is 4.60. The monoisotopic (exact) mass is 384 g/mol. The van der Waals surface area contributed by atoms with E-state index in [2.05, 4.69) is 39.6 Å². The average Bonchev–Trinajstić information content (AvgIpc) is 3.37. The number of benzene rings is 1. The van der Waals surface area contributed by atoms with Crippen molar-refractivity contribution in [2.45, 2.75) is 17.8 Å². The van der Waals surface area contributed by atoms with E-state index in [0.29, 0.717) is 22.5 Å². The Labute approximate surface area is 158 Å². The fraction of sp³-hybridized carbons (Fsp3) is 0.118. The van der Waals surface area contributed by atoms with Crippen LogP contribution >= 0.6 is 23.1 Å². The first-order valence-electron chi connectivity index (χ1n) is 7.84. The van der Waals surface area contributed by atoms with Gasteiger partial charge in [-0.2, -0.15) is 0 Å². The number of hydrogen-bond donors (Lipinski definition) is 2. The van der Waals surface area contributed by atoms with Gasteiger partial charge in [-0.3, -0.25) is 0 Å². The van der Waals surface area contributed by atoms with Gasteiger partial charge in [-0.15, -0.1) is 21.5 Å². The molecule has 0 spiro atoms. The Morgan fingerprint density at radius 3 is 2.85 bits per heavy atom. The second-order valence-corrected chi connectivity index (χ2v) is 7.38. The Hall–Kier alpha value is -2.78. The van der Waals surface area contributed by atoms with Crippen LogP contribution in [0.1, 0.15) is 11.3 Å². The SMILES string of the molecule is Cc1ccc(Nc2nc(CSc3nnc(-c4ccco4)n3N)cs2)cc1. The first-order chi connectivity index (χ1) is 12.7. The minimum absolute atomic E-state index is 0.498. The fourth-order valence-corrected chi connectivity index (χ4v) is 3.86. The van der Waals surface area contributed by atoms with Crippen molar-refractivity contribution < 1.29 is 4.42 Å². The van der Waals surface area contributed by atoms with Crippen LogP contribution in [-0.2, 0) is 5.75 Å². The van der Waals surface area contributed by atoms with Crippen molar-refractivity contribution in [3.8, 4) is 11.6 Å². The van der Waals surface area contributed by atoms with Gasteiger partial charge >= 0.3 is 0 Å². The van der Waals surface area contributed by atoms with E-state index in [1.807, 2.05) is 17.5 Å². The van der Waals surface area contributed by atoms with Crippen molar-refractivity contribution in [3.05, 3.63) is 59.3 Å². The van der Waals surface area contributed by atoms with Gasteiger partial charge in [0, 0.05) is 16.8 Å². The number of aromatic nitrogens is 4. The molecule has 3 N–H and O–H groups in total. The standard InChI is InChI=1S/C17H16N6OS2/c1-11-4-6-12(7-5-11)19-16-20-13(9-25-16)10-26-17-22-21-15(23(17)18)14-3-2-8-24-14/h2-9H,10,18H2,1H3,(H,19,20). The van der Waals surface area contributed by atoms with Crippen LogP contribution in [0.25, 0.3) is 11.6 Å². The minimum atomic E-state index is 0.498. The summed E-state index contributed by atoms with van der Waals surface area (Å²) >= 11 is 3.05. The molecule has 4 rings (SSSR count). The quantitative estimate of drug-likeness (QED) is 0.382. The topological polar surface area (TPSA) is 94.8 Å². The molecule has 9 heteroatoms. The molecule has 4 aromatic rings. The molecule has 0 unspecified atom stereocenters. The molecular weight excluding hydrogens is 368 g/mol. The third kappa shape index (κ3) is 3.58. The van der Waals surface area contributed by atoms with Crippen molar-refractivity contribution in [2.75, 3.05) is 11.2 Å². The second-order valence-electron chi connectivity index (χ2n) is 5.58. The number of thiazole rings is 1. The molecule has 0 amide bonds. The van der Waals surface area contributed by atoms with Gasteiger partial charge in [0.25, 0.3) is 0 Å². The second kappa shape index (κ2) is 7.22. The highest BCUT2D eigenvalue weighted by molar-refractivity contribution is 7.98. The fourth-order valence-electron chi connectivity index (χ4n) is 2.28. The number of nitrogen functional groups attached to an aromatic ring is 1. The predicted molar refractivity (Wildman–Crippen MR) is 104 cm³/mol. The van der Waals surface area contributed by atoms with E-state index in [-0.39, 0.29) is 0 Å². The number of anilines is 2. The molecule has 0 saturated carbocycles. The van der Waals surface area contributed by atoms with Crippen molar-refractivity contribution in [1.29, 1.82) is 0 Å². The lowest BCUT2D eigenvalue weighted by Gasteiger charge is -2.02. The third-order valence-corrected chi connectivity index (χ3v) is 5.39. The van der Waals surface area contributed by atoms with Crippen LogP contribution in [-0.4, -0.2) is 19.9 Å². The largest absolute Gasteiger partial charge is 0.461 e. The third-order valence-electron chi connectivity index (χ3n) is 3.61. The molecule has 0 bridgehead atoms. The minimum Gasteiger partial charge on any atom is -0.461 e. The Morgan fingerprint density at radius 2 is 2.08 bits per heavy atom. The Morgan fingerprint density at radius 1 is 1.23 bits per heavy atom. The summed E-state index contributed by atoms with van der Waals surface area (Å²) < 4.78 is 6.74. The van der Waals surface area contributed by atoms with Gasteiger partial charge in [-0.25, -0.2) is 9.66 Å². The van der Waals surface area contributed by atoms with E-state index in [4.69, 9.17) is 10.3 Å². The van der Waals surface area contributed by atoms with Crippen LogP contribution in [0.2, 0.25) is 0 Å². The highest BCUT2D eigenvalue weighted by Crippen LogP contribution is 2.27. The summed E-state index contributed by atoms with van der Waals surface area (Å²) in [5, 5.41) is 15.0. The number of thioether (sulfide) groups is 1. The maximum Gasteiger partial charge on any atom is 0.218 e. The highest BCUT2D eigenvalue weighted by Gasteiger charge is 2.14. The van der Waals surface area contributed by atoms with Crippen molar-refractivity contribution >= 4 is 33.9 Å². The molecule has 7 nitrogen and oxygen atoms in total. The number of nitrogens with two attached hydrogens (primary N) is 1. The molecule has 0 aliphatic carbocycles. The number of nitrogens with zero attached hydrogens (tertiary/aromatic N) is 4.